The van der Waals surface area contributed by atoms with E-state index in [-0.39, 0.29) is 6.10 Å². The highest BCUT2D eigenvalue weighted by Gasteiger charge is 2.22. The first-order valence-electron chi connectivity index (χ1n) is 8.34. The Hall–Kier alpha value is -1.62. The van der Waals surface area contributed by atoms with Crippen LogP contribution in [0.4, 0.5) is 0 Å². The van der Waals surface area contributed by atoms with Gasteiger partial charge < -0.3 is 24.1 Å². The summed E-state index contributed by atoms with van der Waals surface area (Å²) in [6, 6.07) is 1.93. The molecule has 1 N–H and O–H groups in total. The number of aliphatic hydroxyl groups excluding tert-OH is 1. The minimum Gasteiger partial charge on any atom is -0.490 e. The number of methoxy groups -OCH3 is 2. The SMILES string of the molecule is CCCC(O)CCc1cc(OCC)c(OC)c(OC)c1OCC. The topological polar surface area (TPSA) is 57.2 Å². The van der Waals surface area contributed by atoms with E-state index in [9.17, 15) is 5.11 Å². The molecule has 1 aromatic carbocycles. The van der Waals surface area contributed by atoms with E-state index < -0.39 is 0 Å². The van der Waals surface area contributed by atoms with Gasteiger partial charge in [-0.1, -0.05) is 13.3 Å². The quantitative estimate of drug-likeness (QED) is 0.673. The molecular weight excluding hydrogens is 296 g/mol. The van der Waals surface area contributed by atoms with E-state index in [1.54, 1.807) is 14.2 Å². The van der Waals surface area contributed by atoms with Crippen molar-refractivity contribution in [3.05, 3.63) is 11.6 Å². The van der Waals surface area contributed by atoms with E-state index in [2.05, 4.69) is 6.92 Å². The third kappa shape index (κ3) is 5.20. The molecule has 0 aliphatic rings. The summed E-state index contributed by atoms with van der Waals surface area (Å²) in [6.45, 7) is 6.98. The summed E-state index contributed by atoms with van der Waals surface area (Å²) < 4.78 is 22.4. The molecule has 0 aromatic heterocycles. The molecule has 0 aliphatic carbocycles. The minimum absolute atomic E-state index is 0.307. The van der Waals surface area contributed by atoms with Crippen molar-refractivity contribution in [1.29, 1.82) is 0 Å². The monoisotopic (exact) mass is 326 g/mol. The molecule has 1 atom stereocenters. The van der Waals surface area contributed by atoms with Crippen LogP contribution in [0.3, 0.4) is 0 Å². The number of aryl methyl sites for hydroxylation is 1. The number of hydrogen-bond donors (Lipinski definition) is 1. The van der Waals surface area contributed by atoms with Crippen LogP contribution in [0.15, 0.2) is 6.07 Å². The molecule has 5 heteroatoms. The molecule has 0 bridgehead atoms. The van der Waals surface area contributed by atoms with Crippen LogP contribution in [0.25, 0.3) is 0 Å². The van der Waals surface area contributed by atoms with Crippen LogP contribution < -0.4 is 18.9 Å². The second-order valence-electron chi connectivity index (χ2n) is 5.28. The lowest BCUT2D eigenvalue weighted by molar-refractivity contribution is 0.153. The zero-order valence-corrected chi connectivity index (χ0v) is 15.0. The van der Waals surface area contributed by atoms with Crippen molar-refractivity contribution in [1.82, 2.24) is 0 Å². The second kappa shape index (κ2) is 10.2. The van der Waals surface area contributed by atoms with Gasteiger partial charge in [-0.2, -0.15) is 0 Å². The maximum absolute atomic E-state index is 10.0. The summed E-state index contributed by atoms with van der Waals surface area (Å²) in [4.78, 5) is 0. The average molecular weight is 326 g/mol. The fraction of sp³-hybridized carbons (Fsp3) is 0.667. The normalized spacial score (nSPS) is 11.9. The van der Waals surface area contributed by atoms with Gasteiger partial charge in [0.1, 0.15) is 0 Å². The Morgan fingerprint density at radius 1 is 0.913 bits per heavy atom. The Kier molecular flexibility index (Phi) is 8.62. The minimum atomic E-state index is -0.307. The number of benzene rings is 1. The fourth-order valence-electron chi connectivity index (χ4n) is 2.58. The molecule has 0 saturated heterocycles. The van der Waals surface area contributed by atoms with E-state index in [1.165, 1.54) is 0 Å². The molecule has 23 heavy (non-hydrogen) atoms. The van der Waals surface area contributed by atoms with Crippen molar-refractivity contribution in [2.75, 3.05) is 27.4 Å². The summed E-state index contributed by atoms with van der Waals surface area (Å²) in [5, 5.41) is 10.0. The van der Waals surface area contributed by atoms with E-state index in [1.807, 2.05) is 19.9 Å². The molecular formula is C18H30O5. The van der Waals surface area contributed by atoms with Gasteiger partial charge in [0.25, 0.3) is 0 Å². The maximum Gasteiger partial charge on any atom is 0.207 e. The van der Waals surface area contributed by atoms with Crippen LogP contribution in [0, 0.1) is 0 Å². The van der Waals surface area contributed by atoms with E-state index >= 15 is 0 Å². The number of aliphatic hydroxyl groups is 1. The zero-order valence-electron chi connectivity index (χ0n) is 15.0. The van der Waals surface area contributed by atoms with Gasteiger partial charge in [0.05, 0.1) is 33.5 Å². The van der Waals surface area contributed by atoms with Gasteiger partial charge >= 0.3 is 0 Å². The van der Waals surface area contributed by atoms with Gasteiger partial charge in [-0.15, -0.1) is 0 Å². The Morgan fingerprint density at radius 2 is 1.57 bits per heavy atom. The van der Waals surface area contributed by atoms with Crippen molar-refractivity contribution in [3.8, 4) is 23.0 Å². The lowest BCUT2D eigenvalue weighted by atomic mass is 10.0. The molecule has 1 rings (SSSR count). The van der Waals surface area contributed by atoms with Crippen molar-refractivity contribution < 1.29 is 24.1 Å². The molecule has 0 fully saturated rings. The van der Waals surface area contributed by atoms with Crippen LogP contribution in [0.1, 0.15) is 45.6 Å². The third-order valence-corrected chi connectivity index (χ3v) is 3.60. The van der Waals surface area contributed by atoms with E-state index in [0.717, 1.165) is 18.4 Å². The summed E-state index contributed by atoms with van der Waals surface area (Å²) in [6.07, 6.45) is 2.83. The van der Waals surface area contributed by atoms with Gasteiger partial charge in [0, 0.05) is 5.56 Å². The average Bonchev–Trinajstić information content (AvgIpc) is 2.54. The number of rotatable bonds is 11. The van der Waals surface area contributed by atoms with Crippen molar-refractivity contribution in [2.24, 2.45) is 0 Å². The first-order valence-corrected chi connectivity index (χ1v) is 8.34. The standard InChI is InChI=1S/C18H30O5/c1-6-9-14(19)11-10-13-12-15(22-7-2)17(20-4)18(21-5)16(13)23-8-3/h12,14,19H,6-11H2,1-5H3. The van der Waals surface area contributed by atoms with Crippen LogP contribution in [0.2, 0.25) is 0 Å². The summed E-state index contributed by atoms with van der Waals surface area (Å²) in [7, 11) is 3.17. The lowest BCUT2D eigenvalue weighted by Crippen LogP contribution is -2.09. The van der Waals surface area contributed by atoms with Gasteiger partial charge in [0.15, 0.2) is 11.5 Å². The molecule has 0 saturated carbocycles. The first-order chi connectivity index (χ1) is 11.1. The van der Waals surface area contributed by atoms with Gasteiger partial charge in [-0.3, -0.25) is 0 Å². The maximum atomic E-state index is 10.0. The smallest absolute Gasteiger partial charge is 0.207 e. The van der Waals surface area contributed by atoms with Crippen molar-refractivity contribution in [3.63, 3.8) is 0 Å². The molecule has 0 aliphatic heterocycles. The van der Waals surface area contributed by atoms with Crippen LogP contribution in [-0.4, -0.2) is 38.6 Å². The molecule has 132 valence electrons. The van der Waals surface area contributed by atoms with Crippen molar-refractivity contribution >= 4 is 0 Å². The molecule has 5 nitrogen and oxygen atoms in total. The van der Waals surface area contributed by atoms with E-state index in [0.29, 0.717) is 49.1 Å². The molecule has 0 heterocycles. The summed E-state index contributed by atoms with van der Waals surface area (Å²) in [5.74, 6) is 2.38. The number of hydrogen-bond acceptors (Lipinski definition) is 5. The summed E-state index contributed by atoms with van der Waals surface area (Å²) >= 11 is 0. The Bertz CT molecular complexity index is 473. The van der Waals surface area contributed by atoms with Crippen LogP contribution >= 0.6 is 0 Å². The molecule has 0 spiro atoms. The first kappa shape index (κ1) is 19.4. The number of ether oxygens (including phenoxy) is 4. The molecule has 0 amide bonds. The molecule has 1 aromatic rings. The van der Waals surface area contributed by atoms with Gasteiger partial charge in [0.2, 0.25) is 11.5 Å². The largest absolute Gasteiger partial charge is 0.490 e. The van der Waals surface area contributed by atoms with E-state index in [4.69, 9.17) is 18.9 Å². The highest BCUT2D eigenvalue weighted by molar-refractivity contribution is 5.63. The lowest BCUT2D eigenvalue weighted by Gasteiger charge is -2.20. The van der Waals surface area contributed by atoms with Crippen LogP contribution in [-0.2, 0) is 6.42 Å². The Morgan fingerprint density at radius 3 is 2.09 bits per heavy atom. The van der Waals surface area contributed by atoms with Crippen molar-refractivity contribution in [2.45, 2.75) is 52.6 Å². The van der Waals surface area contributed by atoms with Gasteiger partial charge in [-0.05, 0) is 39.2 Å². The summed E-state index contributed by atoms with van der Waals surface area (Å²) in [5.41, 5.74) is 0.961. The van der Waals surface area contributed by atoms with Gasteiger partial charge in [-0.25, -0.2) is 0 Å². The highest BCUT2D eigenvalue weighted by Crippen LogP contribution is 2.47. The van der Waals surface area contributed by atoms with Crippen LogP contribution in [0.5, 0.6) is 23.0 Å². The molecule has 1 unspecified atom stereocenters. The highest BCUT2D eigenvalue weighted by atomic mass is 16.5. The fourth-order valence-corrected chi connectivity index (χ4v) is 2.58. The third-order valence-electron chi connectivity index (χ3n) is 3.60. The Balaban J connectivity index is 3.21. The second-order valence-corrected chi connectivity index (χ2v) is 5.28. The molecule has 0 radical (unpaired) electrons. The predicted molar refractivity (Wildman–Crippen MR) is 91.1 cm³/mol. The predicted octanol–water partition coefficient (Wildman–Crippen LogP) is 3.59. The zero-order chi connectivity index (χ0) is 17.2. The Labute approximate surface area is 139 Å².